The molecule has 26 heavy (non-hydrogen) atoms. The molecule has 2 amide bonds. The van der Waals surface area contributed by atoms with Gasteiger partial charge in [0.05, 0.1) is 6.61 Å². The normalized spacial score (nSPS) is 17.3. The minimum absolute atomic E-state index is 0.172. The molecule has 6 heteroatoms. The van der Waals surface area contributed by atoms with Gasteiger partial charge in [0, 0.05) is 30.4 Å². The van der Waals surface area contributed by atoms with Gasteiger partial charge in [0.25, 0.3) is 5.91 Å². The summed E-state index contributed by atoms with van der Waals surface area (Å²) in [6.45, 7) is 4.89. The number of amides is 2. The number of rotatable bonds is 4. The minimum Gasteiger partial charge on any atom is -0.494 e. The average molecular weight is 356 g/mol. The van der Waals surface area contributed by atoms with E-state index in [0.29, 0.717) is 25.4 Å². The Bertz CT molecular complexity index is 824. The van der Waals surface area contributed by atoms with Crippen LogP contribution in [-0.2, 0) is 4.79 Å². The van der Waals surface area contributed by atoms with E-state index in [4.69, 9.17) is 4.74 Å². The van der Waals surface area contributed by atoms with Gasteiger partial charge in [0.2, 0.25) is 5.91 Å². The van der Waals surface area contributed by atoms with Crippen molar-refractivity contribution in [3.05, 3.63) is 59.9 Å². The molecule has 1 atom stereocenters. The predicted molar refractivity (Wildman–Crippen MR) is 96.9 cm³/mol. The second-order valence-electron chi connectivity index (χ2n) is 6.11. The Morgan fingerprint density at radius 1 is 1.19 bits per heavy atom. The van der Waals surface area contributed by atoms with Gasteiger partial charge >= 0.3 is 0 Å². The van der Waals surface area contributed by atoms with E-state index >= 15 is 0 Å². The Balaban J connectivity index is 1.78. The van der Waals surface area contributed by atoms with Crippen molar-refractivity contribution in [2.75, 3.05) is 24.6 Å². The van der Waals surface area contributed by atoms with Gasteiger partial charge in [-0.1, -0.05) is 12.1 Å². The first-order valence-electron chi connectivity index (χ1n) is 8.62. The summed E-state index contributed by atoms with van der Waals surface area (Å²) in [6, 6.07) is 12.2. The number of hydrogen-bond acceptors (Lipinski definition) is 3. The fourth-order valence-electron chi connectivity index (χ4n) is 3.10. The van der Waals surface area contributed by atoms with Crippen LogP contribution in [0.4, 0.5) is 10.1 Å². The number of ether oxygens (including phenoxy) is 1. The molecule has 0 spiro atoms. The maximum absolute atomic E-state index is 13.4. The number of piperazine rings is 1. The van der Waals surface area contributed by atoms with Crippen molar-refractivity contribution in [2.24, 2.45) is 0 Å². The van der Waals surface area contributed by atoms with Gasteiger partial charge < -0.3 is 14.5 Å². The topological polar surface area (TPSA) is 49.9 Å². The Morgan fingerprint density at radius 3 is 2.69 bits per heavy atom. The van der Waals surface area contributed by atoms with Crippen molar-refractivity contribution < 1.29 is 18.7 Å². The van der Waals surface area contributed by atoms with E-state index in [1.807, 2.05) is 31.2 Å². The van der Waals surface area contributed by atoms with E-state index in [1.54, 1.807) is 17.9 Å². The van der Waals surface area contributed by atoms with Crippen LogP contribution in [0.2, 0.25) is 0 Å². The fraction of sp³-hybridized carbons (Fsp3) is 0.300. The molecule has 0 saturated carbocycles. The summed E-state index contributed by atoms with van der Waals surface area (Å²) < 4.78 is 18.9. The Kier molecular flexibility index (Phi) is 5.21. The highest BCUT2D eigenvalue weighted by Crippen LogP contribution is 2.25. The molecule has 1 heterocycles. The van der Waals surface area contributed by atoms with Crippen molar-refractivity contribution in [1.29, 1.82) is 0 Å². The molecule has 136 valence electrons. The van der Waals surface area contributed by atoms with Crippen LogP contribution in [0, 0.1) is 5.82 Å². The number of carbonyl (C=O) groups excluding carboxylic acids is 2. The number of nitrogens with zero attached hydrogens (tertiary/aromatic N) is 2. The lowest BCUT2D eigenvalue weighted by Crippen LogP contribution is -2.57. The van der Waals surface area contributed by atoms with E-state index in [9.17, 15) is 14.0 Å². The summed E-state index contributed by atoms with van der Waals surface area (Å²) in [7, 11) is 0. The maximum atomic E-state index is 13.4. The molecule has 2 aromatic carbocycles. The lowest BCUT2D eigenvalue weighted by atomic mass is 10.1. The van der Waals surface area contributed by atoms with Crippen molar-refractivity contribution in [3.8, 4) is 5.75 Å². The van der Waals surface area contributed by atoms with Gasteiger partial charge in [-0.05, 0) is 44.2 Å². The van der Waals surface area contributed by atoms with Gasteiger partial charge in [0.1, 0.15) is 17.6 Å². The molecule has 1 unspecified atom stereocenters. The summed E-state index contributed by atoms with van der Waals surface area (Å²) in [5.74, 6) is -0.285. The highest BCUT2D eigenvalue weighted by Gasteiger charge is 2.35. The van der Waals surface area contributed by atoms with Gasteiger partial charge in [-0.3, -0.25) is 9.59 Å². The van der Waals surface area contributed by atoms with E-state index in [-0.39, 0.29) is 17.4 Å². The van der Waals surface area contributed by atoms with Crippen LogP contribution >= 0.6 is 0 Å². The third-order valence-corrected chi connectivity index (χ3v) is 4.43. The zero-order valence-electron chi connectivity index (χ0n) is 14.8. The number of anilines is 1. The summed E-state index contributed by atoms with van der Waals surface area (Å²) in [5.41, 5.74) is 0.988. The van der Waals surface area contributed by atoms with Crippen LogP contribution in [0.3, 0.4) is 0 Å². The molecule has 0 radical (unpaired) electrons. The molecule has 0 bridgehead atoms. The van der Waals surface area contributed by atoms with Crippen molar-refractivity contribution in [1.82, 2.24) is 4.90 Å². The SMILES string of the molecule is CCOc1cccc(N2CCN(C(=O)c3cccc(F)c3)C(C)C2=O)c1. The number of hydrogen-bond donors (Lipinski definition) is 0. The van der Waals surface area contributed by atoms with Crippen molar-refractivity contribution in [2.45, 2.75) is 19.9 Å². The smallest absolute Gasteiger partial charge is 0.254 e. The van der Waals surface area contributed by atoms with Crippen LogP contribution in [0.1, 0.15) is 24.2 Å². The number of carbonyl (C=O) groups is 2. The summed E-state index contributed by atoms with van der Waals surface area (Å²) in [4.78, 5) is 28.6. The van der Waals surface area contributed by atoms with Crippen LogP contribution < -0.4 is 9.64 Å². The van der Waals surface area contributed by atoms with Gasteiger partial charge in [0.15, 0.2) is 0 Å². The Labute approximate surface area is 152 Å². The minimum atomic E-state index is -0.629. The van der Waals surface area contributed by atoms with Crippen molar-refractivity contribution in [3.63, 3.8) is 0 Å². The molecule has 2 aromatic rings. The van der Waals surface area contributed by atoms with E-state index in [0.717, 1.165) is 5.69 Å². The lowest BCUT2D eigenvalue weighted by molar-refractivity contribution is -0.124. The first kappa shape index (κ1) is 17.9. The van der Waals surface area contributed by atoms with Crippen LogP contribution in [-0.4, -0.2) is 42.5 Å². The first-order valence-corrected chi connectivity index (χ1v) is 8.62. The molecule has 0 N–H and O–H groups in total. The largest absolute Gasteiger partial charge is 0.494 e. The predicted octanol–water partition coefficient (Wildman–Crippen LogP) is 3.10. The molecule has 0 aliphatic carbocycles. The van der Waals surface area contributed by atoms with Crippen LogP contribution in [0.5, 0.6) is 5.75 Å². The first-order chi connectivity index (χ1) is 12.5. The fourth-order valence-corrected chi connectivity index (χ4v) is 3.10. The molecule has 0 aromatic heterocycles. The second kappa shape index (κ2) is 7.56. The summed E-state index contributed by atoms with van der Waals surface area (Å²) >= 11 is 0. The molecule has 1 saturated heterocycles. The van der Waals surface area contributed by atoms with Gasteiger partial charge in [-0.25, -0.2) is 4.39 Å². The molecule has 3 rings (SSSR count). The molecule has 1 aliphatic rings. The Morgan fingerprint density at radius 2 is 1.96 bits per heavy atom. The Hall–Kier alpha value is -2.89. The van der Waals surface area contributed by atoms with Gasteiger partial charge in [-0.15, -0.1) is 0 Å². The van der Waals surface area contributed by atoms with E-state index in [2.05, 4.69) is 0 Å². The summed E-state index contributed by atoms with van der Waals surface area (Å²) in [6.07, 6.45) is 0. The monoisotopic (exact) mass is 356 g/mol. The van der Waals surface area contributed by atoms with Gasteiger partial charge in [-0.2, -0.15) is 0 Å². The highest BCUT2D eigenvalue weighted by atomic mass is 19.1. The third-order valence-electron chi connectivity index (χ3n) is 4.43. The zero-order valence-corrected chi connectivity index (χ0v) is 14.8. The summed E-state index contributed by atoms with van der Waals surface area (Å²) in [5, 5.41) is 0. The average Bonchev–Trinajstić information content (AvgIpc) is 2.64. The maximum Gasteiger partial charge on any atom is 0.254 e. The van der Waals surface area contributed by atoms with Crippen LogP contribution in [0.15, 0.2) is 48.5 Å². The molecular weight excluding hydrogens is 335 g/mol. The molecule has 5 nitrogen and oxygen atoms in total. The van der Waals surface area contributed by atoms with E-state index < -0.39 is 11.9 Å². The molecule has 1 fully saturated rings. The zero-order chi connectivity index (χ0) is 18.7. The second-order valence-corrected chi connectivity index (χ2v) is 6.11. The molecule has 1 aliphatic heterocycles. The van der Waals surface area contributed by atoms with Crippen molar-refractivity contribution >= 4 is 17.5 Å². The third kappa shape index (κ3) is 3.54. The lowest BCUT2D eigenvalue weighted by Gasteiger charge is -2.39. The van der Waals surface area contributed by atoms with E-state index in [1.165, 1.54) is 23.1 Å². The molecular formula is C20H21FN2O3. The number of halogens is 1. The van der Waals surface area contributed by atoms with Crippen LogP contribution in [0.25, 0.3) is 0 Å². The quantitative estimate of drug-likeness (QED) is 0.846. The number of benzene rings is 2. The highest BCUT2D eigenvalue weighted by molar-refractivity contribution is 6.03. The standard InChI is InChI=1S/C20H21FN2O3/c1-3-26-18-9-5-8-17(13-18)23-11-10-22(14(2)19(23)24)20(25)15-6-4-7-16(21)12-15/h4-9,12-14H,3,10-11H2,1-2H3.